The Morgan fingerprint density at radius 2 is 2.05 bits per heavy atom. The van der Waals surface area contributed by atoms with Crippen molar-refractivity contribution in [2.45, 2.75) is 26.3 Å². The van der Waals surface area contributed by atoms with E-state index in [1.807, 2.05) is 48.3 Å². The molecule has 106 valence electrons. The minimum absolute atomic E-state index is 0.215. The third kappa shape index (κ3) is 2.87. The molecule has 0 fully saturated rings. The number of benzene rings is 1. The molecule has 3 nitrogen and oxygen atoms in total. The molecular weight excluding hydrogens is 260 g/mol. The average molecular weight is 278 g/mol. The van der Waals surface area contributed by atoms with Gasteiger partial charge in [0.15, 0.2) is 5.78 Å². The summed E-state index contributed by atoms with van der Waals surface area (Å²) >= 11 is 0. The Morgan fingerprint density at radius 3 is 2.90 bits per heavy atom. The fraction of sp³-hybridized carbons (Fsp3) is 0.222. The molecule has 0 aliphatic carbocycles. The molecule has 0 unspecified atom stereocenters. The van der Waals surface area contributed by atoms with Gasteiger partial charge in [-0.3, -0.25) is 9.78 Å². The van der Waals surface area contributed by atoms with Gasteiger partial charge in [0, 0.05) is 42.5 Å². The lowest BCUT2D eigenvalue weighted by molar-refractivity contribution is 0.0981. The number of Topliss-reactive ketones (excluding diaryl/α,β-unsaturated/α-hetero) is 1. The van der Waals surface area contributed by atoms with Crippen LogP contribution in [0.4, 0.5) is 0 Å². The highest BCUT2D eigenvalue weighted by Gasteiger charge is 2.07. The number of carbonyl (C=O) groups is 1. The van der Waals surface area contributed by atoms with E-state index in [0.717, 1.165) is 35.0 Å². The predicted molar refractivity (Wildman–Crippen MR) is 84.5 cm³/mol. The maximum Gasteiger partial charge on any atom is 0.164 e. The van der Waals surface area contributed by atoms with Crippen LogP contribution in [0.2, 0.25) is 0 Å². The number of aromatic nitrogens is 2. The van der Waals surface area contributed by atoms with Crippen molar-refractivity contribution in [3.8, 4) is 0 Å². The fourth-order valence-electron chi connectivity index (χ4n) is 2.57. The first kappa shape index (κ1) is 13.6. The number of carbonyl (C=O) groups excluding carboxylic acids is 1. The summed E-state index contributed by atoms with van der Waals surface area (Å²) in [5, 5.41) is 1.14. The Labute approximate surface area is 124 Å². The van der Waals surface area contributed by atoms with Crippen LogP contribution in [0.3, 0.4) is 0 Å². The predicted octanol–water partition coefficient (Wildman–Crippen LogP) is 4.07. The third-order valence-electron chi connectivity index (χ3n) is 3.62. The summed E-state index contributed by atoms with van der Waals surface area (Å²) in [6.45, 7) is 2.75. The van der Waals surface area contributed by atoms with Crippen LogP contribution in [0, 0.1) is 0 Å². The largest absolute Gasteiger partial charge is 0.349 e. The zero-order valence-electron chi connectivity index (χ0n) is 12.1. The van der Waals surface area contributed by atoms with Crippen molar-refractivity contribution < 1.29 is 4.79 Å². The molecule has 2 heterocycles. The van der Waals surface area contributed by atoms with Gasteiger partial charge in [-0.05, 0) is 24.1 Å². The van der Waals surface area contributed by atoms with Gasteiger partial charge in [0.25, 0.3) is 0 Å². The Hall–Kier alpha value is -2.42. The van der Waals surface area contributed by atoms with Crippen LogP contribution in [0.1, 0.15) is 35.7 Å². The Bertz CT molecular complexity index is 768. The molecule has 0 saturated carbocycles. The molecule has 2 aromatic heterocycles. The van der Waals surface area contributed by atoms with Gasteiger partial charge in [0.2, 0.25) is 0 Å². The van der Waals surface area contributed by atoms with Crippen molar-refractivity contribution in [2.24, 2.45) is 0 Å². The lowest BCUT2D eigenvalue weighted by Gasteiger charge is -2.06. The van der Waals surface area contributed by atoms with Crippen LogP contribution in [-0.2, 0) is 6.54 Å². The van der Waals surface area contributed by atoms with Crippen LogP contribution in [-0.4, -0.2) is 15.3 Å². The molecule has 0 atom stereocenters. The highest BCUT2D eigenvalue weighted by Crippen LogP contribution is 2.17. The first-order valence-electron chi connectivity index (χ1n) is 7.29. The SMILES string of the molecule is CCCC(=O)c1ccn(Cc2cccc3cccnc23)c1. The highest BCUT2D eigenvalue weighted by molar-refractivity contribution is 5.95. The second-order valence-electron chi connectivity index (χ2n) is 5.24. The number of para-hydroxylation sites is 1. The van der Waals surface area contributed by atoms with Gasteiger partial charge in [0.05, 0.1) is 5.52 Å². The Morgan fingerprint density at radius 1 is 1.19 bits per heavy atom. The van der Waals surface area contributed by atoms with Crippen molar-refractivity contribution in [1.29, 1.82) is 0 Å². The van der Waals surface area contributed by atoms with Crippen molar-refractivity contribution in [3.63, 3.8) is 0 Å². The van der Waals surface area contributed by atoms with E-state index in [-0.39, 0.29) is 5.78 Å². The second-order valence-corrected chi connectivity index (χ2v) is 5.24. The molecule has 3 rings (SSSR count). The molecule has 0 saturated heterocycles. The number of rotatable bonds is 5. The summed E-state index contributed by atoms with van der Waals surface area (Å²) in [6.07, 6.45) is 7.21. The number of fused-ring (bicyclic) bond motifs is 1. The van der Waals surface area contributed by atoms with Gasteiger partial charge in [-0.15, -0.1) is 0 Å². The second kappa shape index (κ2) is 5.92. The minimum atomic E-state index is 0.215. The summed E-state index contributed by atoms with van der Waals surface area (Å²) < 4.78 is 2.05. The maximum atomic E-state index is 11.9. The van der Waals surface area contributed by atoms with E-state index in [1.54, 1.807) is 0 Å². The molecule has 21 heavy (non-hydrogen) atoms. The number of hydrogen-bond donors (Lipinski definition) is 0. The lowest BCUT2D eigenvalue weighted by atomic mass is 10.1. The number of pyridine rings is 1. The molecular formula is C18H18N2O. The van der Waals surface area contributed by atoms with E-state index in [2.05, 4.69) is 23.2 Å². The summed E-state index contributed by atoms with van der Waals surface area (Å²) in [5.41, 5.74) is 2.98. The minimum Gasteiger partial charge on any atom is -0.349 e. The van der Waals surface area contributed by atoms with Gasteiger partial charge in [-0.25, -0.2) is 0 Å². The smallest absolute Gasteiger partial charge is 0.164 e. The van der Waals surface area contributed by atoms with E-state index in [4.69, 9.17) is 0 Å². The van der Waals surface area contributed by atoms with E-state index < -0.39 is 0 Å². The van der Waals surface area contributed by atoms with E-state index in [0.29, 0.717) is 6.42 Å². The molecule has 0 bridgehead atoms. The maximum absolute atomic E-state index is 11.9. The molecule has 0 N–H and O–H groups in total. The molecule has 0 aliphatic heterocycles. The molecule has 3 aromatic rings. The summed E-state index contributed by atoms with van der Waals surface area (Å²) in [4.78, 5) is 16.4. The van der Waals surface area contributed by atoms with Crippen LogP contribution in [0.25, 0.3) is 10.9 Å². The fourth-order valence-corrected chi connectivity index (χ4v) is 2.57. The summed E-state index contributed by atoms with van der Waals surface area (Å²) in [7, 11) is 0. The number of ketones is 1. The molecule has 0 spiro atoms. The molecule has 1 aromatic carbocycles. The Balaban J connectivity index is 1.87. The van der Waals surface area contributed by atoms with Gasteiger partial charge >= 0.3 is 0 Å². The number of nitrogens with zero attached hydrogens (tertiary/aromatic N) is 2. The van der Waals surface area contributed by atoms with E-state index >= 15 is 0 Å². The lowest BCUT2D eigenvalue weighted by Crippen LogP contribution is -2.00. The summed E-state index contributed by atoms with van der Waals surface area (Å²) in [6, 6.07) is 12.1. The molecule has 0 aliphatic rings. The standard InChI is InChI=1S/C18H18N2O/c1-2-5-17(21)15-9-11-20(12-15)13-16-7-3-6-14-8-4-10-19-18(14)16/h3-4,6-12H,2,5,13H2,1H3. The topological polar surface area (TPSA) is 34.9 Å². The van der Waals surface area contributed by atoms with Crippen LogP contribution < -0.4 is 0 Å². The van der Waals surface area contributed by atoms with Crippen molar-refractivity contribution in [2.75, 3.05) is 0 Å². The first-order chi connectivity index (χ1) is 10.3. The molecule has 3 heteroatoms. The van der Waals surface area contributed by atoms with Gasteiger partial charge in [-0.1, -0.05) is 31.2 Å². The van der Waals surface area contributed by atoms with Crippen LogP contribution in [0.15, 0.2) is 55.0 Å². The van der Waals surface area contributed by atoms with E-state index in [1.165, 1.54) is 0 Å². The number of hydrogen-bond acceptors (Lipinski definition) is 2. The van der Waals surface area contributed by atoms with Gasteiger partial charge < -0.3 is 4.57 Å². The van der Waals surface area contributed by atoms with Gasteiger partial charge in [-0.2, -0.15) is 0 Å². The average Bonchev–Trinajstić information content (AvgIpc) is 2.97. The van der Waals surface area contributed by atoms with Gasteiger partial charge in [0.1, 0.15) is 0 Å². The van der Waals surface area contributed by atoms with E-state index in [9.17, 15) is 4.79 Å². The Kier molecular flexibility index (Phi) is 3.82. The third-order valence-corrected chi connectivity index (χ3v) is 3.62. The monoisotopic (exact) mass is 278 g/mol. The quantitative estimate of drug-likeness (QED) is 0.659. The van der Waals surface area contributed by atoms with Crippen molar-refractivity contribution in [3.05, 3.63) is 66.1 Å². The molecule has 0 amide bonds. The zero-order valence-corrected chi connectivity index (χ0v) is 12.1. The zero-order chi connectivity index (χ0) is 14.7. The highest BCUT2D eigenvalue weighted by atomic mass is 16.1. The van der Waals surface area contributed by atoms with Crippen LogP contribution in [0.5, 0.6) is 0 Å². The summed E-state index contributed by atoms with van der Waals surface area (Å²) in [5.74, 6) is 0.215. The first-order valence-corrected chi connectivity index (χ1v) is 7.29. The molecule has 0 radical (unpaired) electrons. The van der Waals surface area contributed by atoms with Crippen molar-refractivity contribution >= 4 is 16.7 Å². The normalized spacial score (nSPS) is 10.9. The van der Waals surface area contributed by atoms with Crippen LogP contribution >= 0.6 is 0 Å². The van der Waals surface area contributed by atoms with Crippen molar-refractivity contribution in [1.82, 2.24) is 9.55 Å².